The van der Waals surface area contributed by atoms with Crippen LogP contribution in [0.2, 0.25) is 0 Å². The third-order valence-corrected chi connectivity index (χ3v) is 4.88. The Kier molecular flexibility index (Phi) is 14.2. The van der Waals surface area contributed by atoms with Crippen molar-refractivity contribution >= 4 is 0 Å². The molecule has 152 valence electrons. The lowest BCUT2D eigenvalue weighted by atomic mass is 10.0. The number of allylic oxidation sites excluding steroid dienone is 4. The van der Waals surface area contributed by atoms with Gasteiger partial charge in [-0.2, -0.15) is 0 Å². The molecule has 1 rings (SSSR count). The number of unbranched alkanes of at least 4 members (excludes halogenated alkanes) is 10. The van der Waals surface area contributed by atoms with Gasteiger partial charge in [-0.25, -0.2) is 0 Å². The lowest BCUT2D eigenvalue weighted by Crippen LogP contribution is -1.86. The molecule has 0 aliphatic heterocycles. The Hall–Kier alpha value is -1.70. The predicted molar refractivity (Wildman–Crippen MR) is 117 cm³/mol. The van der Waals surface area contributed by atoms with E-state index >= 15 is 0 Å². The van der Waals surface area contributed by atoms with Crippen molar-refractivity contribution in [2.45, 2.75) is 96.8 Å². The summed E-state index contributed by atoms with van der Waals surface area (Å²) >= 11 is 0. The first-order chi connectivity index (χ1) is 13.2. The first-order valence-corrected chi connectivity index (χ1v) is 11.0. The largest absolute Gasteiger partial charge is 0.508 e. The smallest absolute Gasteiger partial charge is 0.119 e. The third kappa shape index (κ3) is 14.1. The van der Waals surface area contributed by atoms with Crippen molar-refractivity contribution in [1.82, 2.24) is 0 Å². The number of phenols is 2. The molecule has 0 fully saturated rings. The summed E-state index contributed by atoms with van der Waals surface area (Å²) in [5.74, 6) is 0.307. The standard InChI is InChI=1S/C25H40O2/c1-2-3-4-5-6-7-8-9-10-11-12-13-14-15-16-17-18-19-23-20-24(26)22-25(27)21-23/h7-8,10-11,20-22,26-27H,2-6,9,12-19H2,1H3/b8-7+,11-10+. The van der Waals surface area contributed by atoms with Crippen molar-refractivity contribution in [3.63, 3.8) is 0 Å². The average Bonchev–Trinajstić information content (AvgIpc) is 2.63. The topological polar surface area (TPSA) is 40.5 Å². The number of phenolic OH excluding ortho intramolecular Hbond substituents is 2. The number of rotatable bonds is 16. The van der Waals surface area contributed by atoms with Gasteiger partial charge in [-0.3, -0.25) is 0 Å². The molecular weight excluding hydrogens is 332 g/mol. The van der Waals surface area contributed by atoms with E-state index in [9.17, 15) is 10.2 Å². The maximum Gasteiger partial charge on any atom is 0.119 e. The number of hydrogen-bond acceptors (Lipinski definition) is 2. The molecular formula is C25H40O2. The van der Waals surface area contributed by atoms with Crippen molar-refractivity contribution in [2.75, 3.05) is 0 Å². The van der Waals surface area contributed by atoms with Gasteiger partial charge in [0.2, 0.25) is 0 Å². The minimum Gasteiger partial charge on any atom is -0.508 e. The zero-order valence-corrected chi connectivity index (χ0v) is 17.3. The molecule has 0 saturated carbocycles. The zero-order chi connectivity index (χ0) is 19.6. The van der Waals surface area contributed by atoms with Gasteiger partial charge in [0.25, 0.3) is 0 Å². The van der Waals surface area contributed by atoms with E-state index in [2.05, 4.69) is 31.2 Å². The van der Waals surface area contributed by atoms with Gasteiger partial charge < -0.3 is 10.2 Å². The van der Waals surface area contributed by atoms with Gasteiger partial charge in [-0.05, 0) is 62.6 Å². The van der Waals surface area contributed by atoms with Crippen molar-refractivity contribution in [1.29, 1.82) is 0 Å². The van der Waals surface area contributed by atoms with Crippen molar-refractivity contribution in [3.05, 3.63) is 48.1 Å². The van der Waals surface area contributed by atoms with E-state index in [0.717, 1.165) is 24.8 Å². The molecule has 0 aliphatic rings. The van der Waals surface area contributed by atoms with Crippen LogP contribution in [0.3, 0.4) is 0 Å². The molecule has 0 bridgehead atoms. The van der Waals surface area contributed by atoms with Crippen LogP contribution in [-0.2, 0) is 6.42 Å². The van der Waals surface area contributed by atoms with E-state index in [0.29, 0.717) is 0 Å². The molecule has 2 nitrogen and oxygen atoms in total. The highest BCUT2D eigenvalue weighted by Crippen LogP contribution is 2.22. The first-order valence-electron chi connectivity index (χ1n) is 11.0. The predicted octanol–water partition coefficient (Wildman–Crippen LogP) is 7.84. The lowest BCUT2D eigenvalue weighted by Gasteiger charge is -2.04. The summed E-state index contributed by atoms with van der Waals surface area (Å²) in [6.07, 6.45) is 26.6. The molecule has 27 heavy (non-hydrogen) atoms. The van der Waals surface area contributed by atoms with E-state index < -0.39 is 0 Å². The first kappa shape index (κ1) is 23.3. The molecule has 0 amide bonds. The van der Waals surface area contributed by atoms with E-state index in [1.807, 2.05) is 0 Å². The Morgan fingerprint density at radius 3 is 1.74 bits per heavy atom. The normalized spacial score (nSPS) is 11.7. The van der Waals surface area contributed by atoms with E-state index in [-0.39, 0.29) is 11.5 Å². The molecule has 0 spiro atoms. The number of benzene rings is 1. The number of aryl methyl sites for hydroxylation is 1. The van der Waals surface area contributed by atoms with Gasteiger partial charge >= 0.3 is 0 Å². The van der Waals surface area contributed by atoms with E-state index in [1.54, 1.807) is 12.1 Å². The summed E-state index contributed by atoms with van der Waals surface area (Å²) in [6.45, 7) is 2.26. The van der Waals surface area contributed by atoms with Crippen LogP contribution < -0.4 is 0 Å². The quantitative estimate of drug-likeness (QED) is 0.229. The Morgan fingerprint density at radius 2 is 1.15 bits per heavy atom. The van der Waals surface area contributed by atoms with Gasteiger partial charge in [0.15, 0.2) is 0 Å². The van der Waals surface area contributed by atoms with Crippen LogP contribution >= 0.6 is 0 Å². The Bertz CT molecular complexity index is 511. The second kappa shape index (κ2) is 16.5. The maximum absolute atomic E-state index is 9.47. The SMILES string of the molecule is CCCCCC/C=C/C/C=C/CCCCCCCCc1cc(O)cc(O)c1. The molecule has 0 atom stereocenters. The van der Waals surface area contributed by atoms with Crippen LogP contribution in [0.25, 0.3) is 0 Å². The van der Waals surface area contributed by atoms with Gasteiger partial charge in [0.05, 0.1) is 0 Å². The molecule has 1 aromatic carbocycles. The fourth-order valence-electron chi connectivity index (χ4n) is 3.29. The molecule has 0 unspecified atom stereocenters. The Labute approximate surface area is 167 Å². The number of hydrogen-bond donors (Lipinski definition) is 2. The second-order valence-electron chi connectivity index (χ2n) is 7.55. The molecule has 2 N–H and O–H groups in total. The molecule has 0 aromatic heterocycles. The maximum atomic E-state index is 9.47. The highest BCUT2D eigenvalue weighted by atomic mass is 16.3. The Balaban J connectivity index is 1.88. The van der Waals surface area contributed by atoms with E-state index in [1.165, 1.54) is 76.7 Å². The van der Waals surface area contributed by atoms with Crippen LogP contribution in [0.4, 0.5) is 0 Å². The van der Waals surface area contributed by atoms with Crippen LogP contribution in [-0.4, -0.2) is 10.2 Å². The van der Waals surface area contributed by atoms with Gasteiger partial charge in [0.1, 0.15) is 11.5 Å². The molecule has 0 aliphatic carbocycles. The van der Waals surface area contributed by atoms with Crippen LogP contribution in [0.15, 0.2) is 42.5 Å². The summed E-state index contributed by atoms with van der Waals surface area (Å²) in [5.41, 5.74) is 1.02. The van der Waals surface area contributed by atoms with Gasteiger partial charge in [-0.15, -0.1) is 0 Å². The van der Waals surface area contributed by atoms with Gasteiger partial charge in [-0.1, -0.05) is 76.2 Å². The summed E-state index contributed by atoms with van der Waals surface area (Å²) in [6, 6.07) is 4.87. The van der Waals surface area contributed by atoms with Crippen LogP contribution in [0.5, 0.6) is 11.5 Å². The number of aromatic hydroxyl groups is 2. The third-order valence-electron chi connectivity index (χ3n) is 4.88. The second-order valence-corrected chi connectivity index (χ2v) is 7.55. The minimum atomic E-state index is 0.153. The zero-order valence-electron chi connectivity index (χ0n) is 17.3. The van der Waals surface area contributed by atoms with Crippen molar-refractivity contribution < 1.29 is 10.2 Å². The molecule has 1 aromatic rings. The van der Waals surface area contributed by atoms with Crippen LogP contribution in [0.1, 0.15) is 96.0 Å². The molecule has 2 heteroatoms. The van der Waals surface area contributed by atoms with Crippen molar-refractivity contribution in [2.24, 2.45) is 0 Å². The summed E-state index contributed by atoms with van der Waals surface area (Å²) in [5, 5.41) is 18.9. The monoisotopic (exact) mass is 372 g/mol. The van der Waals surface area contributed by atoms with Crippen molar-refractivity contribution in [3.8, 4) is 11.5 Å². The fraction of sp³-hybridized carbons (Fsp3) is 0.600. The lowest BCUT2D eigenvalue weighted by molar-refractivity contribution is 0.449. The molecule has 0 saturated heterocycles. The Morgan fingerprint density at radius 1 is 0.630 bits per heavy atom. The fourth-order valence-corrected chi connectivity index (χ4v) is 3.29. The average molecular weight is 373 g/mol. The molecule has 0 heterocycles. The summed E-state index contributed by atoms with van der Waals surface area (Å²) < 4.78 is 0. The van der Waals surface area contributed by atoms with E-state index in [4.69, 9.17) is 0 Å². The minimum absolute atomic E-state index is 0.153. The summed E-state index contributed by atoms with van der Waals surface area (Å²) in [4.78, 5) is 0. The highest BCUT2D eigenvalue weighted by molar-refractivity contribution is 5.36. The van der Waals surface area contributed by atoms with Gasteiger partial charge in [0, 0.05) is 6.07 Å². The highest BCUT2D eigenvalue weighted by Gasteiger charge is 1.99. The van der Waals surface area contributed by atoms with Crippen LogP contribution in [0, 0.1) is 0 Å². The summed E-state index contributed by atoms with van der Waals surface area (Å²) in [7, 11) is 0. The molecule has 0 radical (unpaired) electrons.